The molecule has 0 heterocycles. The number of hydrogen-bond acceptors (Lipinski definition) is 3. The van der Waals surface area contributed by atoms with Gasteiger partial charge in [0.15, 0.2) is 0 Å². The summed E-state index contributed by atoms with van der Waals surface area (Å²) < 4.78 is 6.04. The minimum absolute atomic E-state index is 0.341. The zero-order valence-corrected chi connectivity index (χ0v) is 18.8. The molecule has 0 spiro atoms. The van der Waals surface area contributed by atoms with Crippen molar-refractivity contribution in [3.63, 3.8) is 0 Å². The van der Waals surface area contributed by atoms with Crippen molar-refractivity contribution in [1.82, 2.24) is 0 Å². The average molecular weight is 399 g/mol. The Bertz CT molecular complexity index is 490. The van der Waals surface area contributed by atoms with E-state index in [4.69, 9.17) is 4.52 Å². The summed E-state index contributed by atoms with van der Waals surface area (Å²) in [7, 11) is -4.31. The van der Waals surface area contributed by atoms with Gasteiger partial charge in [0.05, 0.1) is 0 Å². The third-order valence-corrected chi connectivity index (χ3v) is 8.71. The number of unbranched alkanes of at least 4 members (excludes halogenated alkanes) is 7. The van der Waals surface area contributed by atoms with Gasteiger partial charge in [0, 0.05) is 0 Å². The molecule has 0 aromatic heterocycles. The maximum atomic E-state index is 11.4. The third kappa shape index (κ3) is 9.05. The molecule has 1 aromatic rings. The van der Waals surface area contributed by atoms with E-state index in [0.717, 1.165) is 44.9 Å². The van der Waals surface area contributed by atoms with E-state index in [2.05, 4.69) is 20.8 Å². The number of hydrogen-bond donors (Lipinski definition) is 2. The summed E-state index contributed by atoms with van der Waals surface area (Å²) in [5, 5.41) is 0.569. The van der Waals surface area contributed by atoms with Crippen LogP contribution in [-0.2, 0) is 4.52 Å². The van der Waals surface area contributed by atoms with Gasteiger partial charge in [-0.2, -0.15) is 0 Å². The maximum absolute atomic E-state index is 11.4. The standard InChI is InChI=1S/C23H43O3P/c1-4-7-9-10-11-12-16-20-27(24,25,23-18-14-13-15-19-23)26-21-22(6-3)17-8-5-2/h13-15,18-19,22,24-25H,4-12,16-17,20-21H2,1-3H3. The van der Waals surface area contributed by atoms with E-state index < -0.39 is 7.28 Å². The molecule has 4 heteroatoms. The van der Waals surface area contributed by atoms with E-state index in [1.807, 2.05) is 30.3 Å². The first kappa shape index (κ1) is 24.6. The molecule has 2 N–H and O–H groups in total. The van der Waals surface area contributed by atoms with Crippen molar-refractivity contribution in [2.24, 2.45) is 5.92 Å². The van der Waals surface area contributed by atoms with Crippen molar-refractivity contribution in [2.45, 2.75) is 91.4 Å². The van der Waals surface area contributed by atoms with Crippen LogP contribution in [0.3, 0.4) is 0 Å². The zero-order valence-electron chi connectivity index (χ0n) is 17.9. The van der Waals surface area contributed by atoms with Crippen LogP contribution in [0.25, 0.3) is 0 Å². The molecule has 0 aliphatic heterocycles. The van der Waals surface area contributed by atoms with Crippen LogP contribution in [0.2, 0.25) is 0 Å². The van der Waals surface area contributed by atoms with E-state index >= 15 is 0 Å². The molecule has 0 saturated heterocycles. The second kappa shape index (κ2) is 12.9. The van der Waals surface area contributed by atoms with Gasteiger partial charge in [0.25, 0.3) is 0 Å². The Morgan fingerprint density at radius 2 is 1.41 bits per heavy atom. The minimum atomic E-state index is -4.31. The molecule has 0 bridgehead atoms. The Labute approximate surface area is 167 Å². The summed E-state index contributed by atoms with van der Waals surface area (Å²) in [5.74, 6) is 0.392. The van der Waals surface area contributed by atoms with Crippen LogP contribution in [0.15, 0.2) is 30.3 Å². The monoisotopic (exact) mass is 398 g/mol. The second-order valence-corrected chi connectivity index (χ2v) is 11.5. The topological polar surface area (TPSA) is 49.7 Å². The van der Waals surface area contributed by atoms with Crippen molar-refractivity contribution < 1.29 is 14.3 Å². The van der Waals surface area contributed by atoms with Gasteiger partial charge >= 0.3 is 167 Å². The molecular formula is C23H43O3P. The van der Waals surface area contributed by atoms with Gasteiger partial charge in [-0.3, -0.25) is 0 Å². The molecule has 0 amide bonds. The van der Waals surface area contributed by atoms with Crippen molar-refractivity contribution in [3.05, 3.63) is 30.3 Å². The first-order chi connectivity index (χ1) is 12.9. The SMILES string of the molecule is CCCCCCCCCP(O)(O)(OCC(CC)CCCC)c1ccccc1. The Hall–Kier alpha value is -0.470. The van der Waals surface area contributed by atoms with Crippen LogP contribution < -0.4 is 5.30 Å². The molecule has 3 nitrogen and oxygen atoms in total. The summed E-state index contributed by atoms with van der Waals surface area (Å²) >= 11 is 0. The molecule has 0 fully saturated rings. The second-order valence-electron chi connectivity index (χ2n) is 8.01. The summed E-state index contributed by atoms with van der Waals surface area (Å²) in [4.78, 5) is 22.8. The summed E-state index contributed by atoms with van der Waals surface area (Å²) in [6, 6.07) is 9.26. The zero-order chi connectivity index (χ0) is 20.0. The normalized spacial score (nSPS) is 14.6. The predicted molar refractivity (Wildman–Crippen MR) is 120 cm³/mol. The van der Waals surface area contributed by atoms with Crippen molar-refractivity contribution >= 4 is 12.6 Å². The van der Waals surface area contributed by atoms with Crippen molar-refractivity contribution in [3.8, 4) is 0 Å². The molecule has 1 rings (SSSR count). The first-order valence-corrected chi connectivity index (χ1v) is 13.4. The van der Waals surface area contributed by atoms with Crippen molar-refractivity contribution in [2.75, 3.05) is 12.8 Å². The van der Waals surface area contributed by atoms with E-state index in [0.29, 0.717) is 24.0 Å². The Morgan fingerprint density at radius 3 is 2.00 bits per heavy atom. The Kier molecular flexibility index (Phi) is 11.7. The van der Waals surface area contributed by atoms with Gasteiger partial charge in [-0.15, -0.1) is 0 Å². The quantitative estimate of drug-likeness (QED) is 0.244. The molecule has 1 atom stereocenters. The molecule has 0 aliphatic carbocycles. The molecule has 27 heavy (non-hydrogen) atoms. The van der Waals surface area contributed by atoms with E-state index in [1.54, 1.807) is 0 Å². The van der Waals surface area contributed by atoms with E-state index in [-0.39, 0.29) is 0 Å². The average Bonchev–Trinajstić information content (AvgIpc) is 2.68. The third-order valence-electron chi connectivity index (χ3n) is 5.56. The van der Waals surface area contributed by atoms with Gasteiger partial charge in [-0.1, -0.05) is 0 Å². The fraction of sp³-hybridized carbons (Fsp3) is 0.739. The van der Waals surface area contributed by atoms with Crippen LogP contribution in [0, 0.1) is 5.92 Å². The molecule has 0 saturated carbocycles. The van der Waals surface area contributed by atoms with Crippen LogP contribution in [-0.4, -0.2) is 22.6 Å². The van der Waals surface area contributed by atoms with Crippen LogP contribution in [0.1, 0.15) is 91.4 Å². The van der Waals surface area contributed by atoms with E-state index in [9.17, 15) is 9.79 Å². The van der Waals surface area contributed by atoms with E-state index in [1.165, 1.54) is 25.7 Å². The Morgan fingerprint density at radius 1 is 0.815 bits per heavy atom. The number of rotatable bonds is 16. The van der Waals surface area contributed by atoms with Gasteiger partial charge in [-0.05, 0) is 0 Å². The fourth-order valence-corrected chi connectivity index (χ4v) is 6.14. The molecule has 0 radical (unpaired) electrons. The first-order valence-electron chi connectivity index (χ1n) is 11.2. The molecule has 158 valence electrons. The van der Waals surface area contributed by atoms with Gasteiger partial charge in [0.2, 0.25) is 0 Å². The van der Waals surface area contributed by atoms with Gasteiger partial charge in [0.1, 0.15) is 0 Å². The summed E-state index contributed by atoms with van der Waals surface area (Å²) in [6.07, 6.45) is 12.8. The molecule has 0 aliphatic rings. The number of benzene rings is 1. The summed E-state index contributed by atoms with van der Waals surface area (Å²) in [6.45, 7) is 7.01. The van der Waals surface area contributed by atoms with Crippen LogP contribution >= 0.6 is 7.28 Å². The molecule has 1 aromatic carbocycles. The van der Waals surface area contributed by atoms with Gasteiger partial charge in [-0.25, -0.2) is 0 Å². The predicted octanol–water partition coefficient (Wildman–Crippen LogP) is 6.58. The van der Waals surface area contributed by atoms with Crippen LogP contribution in [0.4, 0.5) is 0 Å². The van der Waals surface area contributed by atoms with Crippen molar-refractivity contribution in [1.29, 1.82) is 0 Å². The molecule has 1 unspecified atom stereocenters. The Balaban J connectivity index is 2.70. The van der Waals surface area contributed by atoms with Gasteiger partial charge < -0.3 is 0 Å². The van der Waals surface area contributed by atoms with Crippen LogP contribution in [0.5, 0.6) is 0 Å². The fourth-order valence-electron chi connectivity index (χ4n) is 3.51. The molecular weight excluding hydrogens is 355 g/mol. The summed E-state index contributed by atoms with van der Waals surface area (Å²) in [5.41, 5.74) is 0.